The summed E-state index contributed by atoms with van der Waals surface area (Å²) < 4.78 is 5.12. The Morgan fingerprint density at radius 3 is 2.53 bits per heavy atom. The summed E-state index contributed by atoms with van der Waals surface area (Å²) in [7, 11) is 0. The van der Waals surface area contributed by atoms with Gasteiger partial charge in [0.1, 0.15) is 23.7 Å². The van der Waals surface area contributed by atoms with E-state index in [2.05, 4.69) is 17.9 Å². The standard InChI is InChI=1S/C8H15NO5S/c1-3(11)9-5-7(13)6(12)4(2-10)14-8(5)15/h4-8,10,12-13,15H,2H2,1H3,(H,9,11)/t4-,5-,6+,7-,8+/m1/s1. The van der Waals surface area contributed by atoms with Crippen LogP contribution in [-0.4, -0.2) is 57.6 Å². The zero-order valence-electron chi connectivity index (χ0n) is 8.20. The van der Waals surface area contributed by atoms with Crippen molar-refractivity contribution >= 4 is 18.5 Å². The Kier molecular flexibility index (Phi) is 4.35. The summed E-state index contributed by atoms with van der Waals surface area (Å²) in [4.78, 5) is 10.8. The first-order valence-corrected chi connectivity index (χ1v) is 5.06. The van der Waals surface area contributed by atoms with Gasteiger partial charge >= 0.3 is 0 Å². The van der Waals surface area contributed by atoms with Crippen molar-refractivity contribution < 1.29 is 24.9 Å². The minimum Gasteiger partial charge on any atom is -0.394 e. The van der Waals surface area contributed by atoms with Gasteiger partial charge in [-0.1, -0.05) is 0 Å². The molecule has 1 saturated heterocycles. The van der Waals surface area contributed by atoms with E-state index in [1.807, 2.05) is 0 Å². The molecule has 1 aliphatic rings. The Balaban J connectivity index is 2.70. The van der Waals surface area contributed by atoms with Gasteiger partial charge in [0.25, 0.3) is 0 Å². The molecular weight excluding hydrogens is 222 g/mol. The van der Waals surface area contributed by atoms with Gasteiger partial charge in [-0.15, -0.1) is 12.6 Å². The van der Waals surface area contributed by atoms with Crippen LogP contribution < -0.4 is 5.32 Å². The molecule has 1 rings (SSSR count). The van der Waals surface area contributed by atoms with Gasteiger partial charge in [-0.2, -0.15) is 0 Å². The lowest BCUT2D eigenvalue weighted by atomic mass is 9.98. The van der Waals surface area contributed by atoms with Crippen LogP contribution >= 0.6 is 12.6 Å². The fourth-order valence-electron chi connectivity index (χ4n) is 1.49. The number of hydrogen-bond acceptors (Lipinski definition) is 6. The molecule has 1 heterocycles. The minimum absolute atomic E-state index is 0.351. The van der Waals surface area contributed by atoms with Crippen molar-refractivity contribution in [2.24, 2.45) is 0 Å². The molecule has 0 aromatic carbocycles. The number of carbonyl (C=O) groups is 1. The van der Waals surface area contributed by atoms with Crippen molar-refractivity contribution in [2.75, 3.05) is 6.61 Å². The number of amides is 1. The maximum Gasteiger partial charge on any atom is 0.217 e. The Hall–Kier alpha value is -0.340. The topological polar surface area (TPSA) is 99.0 Å². The van der Waals surface area contributed by atoms with E-state index in [9.17, 15) is 15.0 Å². The predicted molar refractivity (Wildman–Crippen MR) is 54.4 cm³/mol. The molecule has 1 fully saturated rings. The van der Waals surface area contributed by atoms with E-state index in [4.69, 9.17) is 9.84 Å². The van der Waals surface area contributed by atoms with Gasteiger partial charge in [0, 0.05) is 6.92 Å². The first-order valence-electron chi connectivity index (χ1n) is 4.55. The van der Waals surface area contributed by atoms with Crippen molar-refractivity contribution in [2.45, 2.75) is 36.7 Å². The monoisotopic (exact) mass is 237 g/mol. The molecule has 4 N–H and O–H groups in total. The van der Waals surface area contributed by atoms with E-state index in [-0.39, 0.29) is 5.91 Å². The number of ether oxygens (including phenoxy) is 1. The second-order valence-corrected chi connectivity index (χ2v) is 3.96. The number of rotatable bonds is 2. The molecule has 0 bridgehead atoms. The Morgan fingerprint density at radius 1 is 1.47 bits per heavy atom. The molecule has 0 saturated carbocycles. The predicted octanol–water partition coefficient (Wildman–Crippen LogP) is -2.14. The van der Waals surface area contributed by atoms with Crippen LogP contribution in [0.25, 0.3) is 0 Å². The lowest BCUT2D eigenvalue weighted by Gasteiger charge is -2.40. The Bertz CT molecular complexity index is 239. The molecule has 0 aromatic rings. The van der Waals surface area contributed by atoms with Crippen LogP contribution in [0.15, 0.2) is 0 Å². The van der Waals surface area contributed by atoms with Gasteiger partial charge in [0.15, 0.2) is 0 Å². The van der Waals surface area contributed by atoms with Crippen LogP contribution in [-0.2, 0) is 9.53 Å². The molecular formula is C8H15NO5S. The third kappa shape index (κ3) is 2.82. The fourth-order valence-corrected chi connectivity index (χ4v) is 1.89. The first-order chi connectivity index (χ1) is 6.97. The SMILES string of the molecule is CC(=O)N[C@@H]1[C@@H](O)[C@@H](O)[C@@H](CO)O[C@H]1S. The van der Waals surface area contributed by atoms with Crippen molar-refractivity contribution in [1.82, 2.24) is 5.32 Å². The molecule has 6 nitrogen and oxygen atoms in total. The number of thiol groups is 1. The summed E-state index contributed by atoms with van der Waals surface area (Å²) in [6.07, 6.45) is -3.33. The molecule has 0 radical (unpaired) electrons. The van der Waals surface area contributed by atoms with E-state index >= 15 is 0 Å². The number of aliphatic hydroxyl groups is 3. The summed E-state index contributed by atoms with van der Waals surface area (Å²) in [5.74, 6) is -0.351. The normalized spacial score (nSPS) is 41.3. The van der Waals surface area contributed by atoms with Crippen LogP contribution in [0.4, 0.5) is 0 Å². The molecule has 0 aliphatic carbocycles. The highest BCUT2D eigenvalue weighted by Crippen LogP contribution is 2.22. The molecule has 1 aliphatic heterocycles. The molecule has 7 heteroatoms. The molecule has 0 unspecified atom stereocenters. The molecule has 1 amide bonds. The molecule has 0 aromatic heterocycles. The lowest BCUT2D eigenvalue weighted by molar-refractivity contribution is -0.173. The maximum atomic E-state index is 10.8. The summed E-state index contributed by atoms with van der Waals surface area (Å²) in [6.45, 7) is 0.875. The number of nitrogens with one attached hydrogen (secondary N) is 1. The molecule has 0 spiro atoms. The fraction of sp³-hybridized carbons (Fsp3) is 0.875. The number of carbonyl (C=O) groups excluding carboxylic acids is 1. The third-order valence-electron chi connectivity index (χ3n) is 2.27. The van der Waals surface area contributed by atoms with Gasteiger partial charge in [0.05, 0.1) is 12.6 Å². The maximum absolute atomic E-state index is 10.8. The average molecular weight is 237 g/mol. The smallest absolute Gasteiger partial charge is 0.217 e. The van der Waals surface area contributed by atoms with Gasteiger partial charge in [-0.3, -0.25) is 4.79 Å². The van der Waals surface area contributed by atoms with Crippen LogP contribution in [0, 0.1) is 0 Å². The zero-order valence-corrected chi connectivity index (χ0v) is 9.09. The van der Waals surface area contributed by atoms with Crippen LogP contribution in [0.2, 0.25) is 0 Å². The zero-order chi connectivity index (χ0) is 11.6. The number of aliphatic hydroxyl groups excluding tert-OH is 3. The summed E-state index contributed by atoms with van der Waals surface area (Å²) in [5.41, 5.74) is -0.760. The second kappa shape index (κ2) is 5.13. The average Bonchev–Trinajstić information content (AvgIpc) is 2.18. The molecule has 88 valence electrons. The first kappa shape index (κ1) is 12.7. The quantitative estimate of drug-likeness (QED) is 0.353. The van der Waals surface area contributed by atoms with Gasteiger partial charge in [-0.05, 0) is 0 Å². The van der Waals surface area contributed by atoms with Crippen molar-refractivity contribution in [3.63, 3.8) is 0 Å². The second-order valence-electron chi connectivity index (χ2n) is 3.46. The van der Waals surface area contributed by atoms with E-state index in [0.29, 0.717) is 0 Å². The summed E-state index contributed by atoms with van der Waals surface area (Å²) in [6, 6.07) is -0.788. The van der Waals surface area contributed by atoms with Gasteiger partial charge < -0.3 is 25.4 Å². The Labute approximate surface area is 92.7 Å². The highest BCUT2D eigenvalue weighted by atomic mass is 32.1. The summed E-state index contributed by atoms with van der Waals surface area (Å²) >= 11 is 4.02. The highest BCUT2D eigenvalue weighted by Gasteiger charge is 2.43. The summed E-state index contributed by atoms with van der Waals surface area (Å²) in [5, 5.41) is 30.4. The van der Waals surface area contributed by atoms with Crippen LogP contribution in [0.5, 0.6) is 0 Å². The van der Waals surface area contributed by atoms with Gasteiger partial charge in [-0.25, -0.2) is 0 Å². The van der Waals surface area contributed by atoms with E-state index < -0.39 is 36.4 Å². The van der Waals surface area contributed by atoms with Crippen molar-refractivity contribution in [3.05, 3.63) is 0 Å². The van der Waals surface area contributed by atoms with Crippen molar-refractivity contribution in [1.29, 1.82) is 0 Å². The van der Waals surface area contributed by atoms with Crippen molar-refractivity contribution in [3.8, 4) is 0 Å². The molecule has 5 atom stereocenters. The molecule has 15 heavy (non-hydrogen) atoms. The van der Waals surface area contributed by atoms with E-state index in [1.54, 1.807) is 0 Å². The third-order valence-corrected chi connectivity index (χ3v) is 2.71. The van der Waals surface area contributed by atoms with E-state index in [0.717, 1.165) is 0 Å². The minimum atomic E-state index is -1.24. The van der Waals surface area contributed by atoms with Gasteiger partial charge in [0.2, 0.25) is 5.91 Å². The van der Waals surface area contributed by atoms with Crippen LogP contribution in [0.3, 0.4) is 0 Å². The Morgan fingerprint density at radius 2 is 2.07 bits per heavy atom. The van der Waals surface area contributed by atoms with E-state index in [1.165, 1.54) is 6.92 Å². The largest absolute Gasteiger partial charge is 0.394 e. The number of hydrogen-bond donors (Lipinski definition) is 5. The van der Waals surface area contributed by atoms with Crippen LogP contribution in [0.1, 0.15) is 6.92 Å². The lowest BCUT2D eigenvalue weighted by Crippen LogP contribution is -2.62. The highest BCUT2D eigenvalue weighted by molar-refractivity contribution is 7.80.